The fraction of sp³-hybridized carbons (Fsp3) is 0.273. The van der Waals surface area contributed by atoms with Gasteiger partial charge < -0.3 is 14.8 Å². The number of aryl methyl sites for hydroxylation is 1. The van der Waals surface area contributed by atoms with Crippen LogP contribution in [0.15, 0.2) is 59.8 Å². The number of ether oxygens (including phenoxy) is 2. The third-order valence-corrected chi connectivity index (χ3v) is 4.93. The van der Waals surface area contributed by atoms with Gasteiger partial charge in [0.2, 0.25) is 5.95 Å². The van der Waals surface area contributed by atoms with E-state index in [0.29, 0.717) is 12.2 Å². The molecule has 1 aliphatic heterocycles. The van der Waals surface area contributed by atoms with E-state index in [9.17, 15) is 4.79 Å². The Morgan fingerprint density at radius 2 is 1.96 bits per heavy atom. The minimum absolute atomic E-state index is 0.212. The molecule has 1 unspecified atom stereocenters. The van der Waals surface area contributed by atoms with Crippen LogP contribution in [0.4, 0.5) is 5.95 Å². The predicted molar refractivity (Wildman–Crippen MR) is 108 cm³/mol. The number of nitrogens with zero attached hydrogens (tertiary/aromatic N) is 2. The Balaban J connectivity index is 1.88. The van der Waals surface area contributed by atoms with Gasteiger partial charge in [0.05, 0.1) is 29.3 Å². The first-order valence-corrected chi connectivity index (χ1v) is 9.27. The summed E-state index contributed by atoms with van der Waals surface area (Å²) in [5, 5.41) is 3.28. The highest BCUT2D eigenvalue weighted by molar-refractivity contribution is 5.94. The summed E-state index contributed by atoms with van der Waals surface area (Å²) in [5.41, 5.74) is 5.32. The number of rotatable bonds is 5. The molecule has 144 valence electrons. The Labute approximate surface area is 163 Å². The van der Waals surface area contributed by atoms with Crippen LogP contribution in [-0.4, -0.2) is 35.8 Å². The molecule has 0 bridgehead atoms. The lowest BCUT2D eigenvalue weighted by atomic mass is 9.94. The summed E-state index contributed by atoms with van der Waals surface area (Å²) >= 11 is 0. The van der Waals surface area contributed by atoms with Gasteiger partial charge in [0, 0.05) is 12.8 Å². The molecule has 0 aliphatic carbocycles. The minimum atomic E-state index is -0.350. The zero-order valence-corrected chi connectivity index (χ0v) is 16.2. The van der Waals surface area contributed by atoms with Gasteiger partial charge in [-0.3, -0.25) is 4.57 Å². The summed E-state index contributed by atoms with van der Waals surface area (Å²) in [6, 6.07) is 15.8. The topological polar surface area (TPSA) is 65.4 Å². The van der Waals surface area contributed by atoms with Crippen LogP contribution in [0.5, 0.6) is 0 Å². The highest BCUT2D eigenvalue weighted by Crippen LogP contribution is 2.39. The summed E-state index contributed by atoms with van der Waals surface area (Å²) in [6.45, 7) is 4.51. The molecule has 0 amide bonds. The van der Waals surface area contributed by atoms with E-state index in [2.05, 4.69) is 16.0 Å². The number of aromatic nitrogens is 2. The molecule has 0 fully saturated rings. The molecule has 0 saturated heterocycles. The maximum Gasteiger partial charge on any atom is 0.338 e. The van der Waals surface area contributed by atoms with E-state index in [4.69, 9.17) is 14.5 Å². The number of hydrogen-bond donors (Lipinski definition) is 1. The zero-order chi connectivity index (χ0) is 19.7. The number of fused-ring (bicyclic) bond motifs is 3. The van der Waals surface area contributed by atoms with Crippen LogP contribution < -0.4 is 5.32 Å². The first kappa shape index (κ1) is 18.3. The number of methoxy groups -OCH3 is 1. The molecule has 1 aromatic heterocycles. The van der Waals surface area contributed by atoms with Gasteiger partial charge in [-0.05, 0) is 31.5 Å². The molecule has 0 saturated carbocycles. The molecule has 28 heavy (non-hydrogen) atoms. The van der Waals surface area contributed by atoms with Crippen molar-refractivity contribution in [1.82, 2.24) is 9.55 Å². The van der Waals surface area contributed by atoms with Crippen LogP contribution in [0.3, 0.4) is 0 Å². The summed E-state index contributed by atoms with van der Waals surface area (Å²) in [4.78, 5) is 17.7. The van der Waals surface area contributed by atoms with E-state index in [1.807, 2.05) is 56.3 Å². The minimum Gasteiger partial charge on any atom is -0.460 e. The van der Waals surface area contributed by atoms with Gasteiger partial charge in [0.15, 0.2) is 0 Å². The average molecular weight is 377 g/mol. The summed E-state index contributed by atoms with van der Waals surface area (Å²) in [7, 11) is 1.58. The summed E-state index contributed by atoms with van der Waals surface area (Å²) < 4.78 is 12.6. The highest BCUT2D eigenvalue weighted by atomic mass is 16.6. The van der Waals surface area contributed by atoms with Crippen molar-refractivity contribution < 1.29 is 14.3 Å². The Bertz CT molecular complexity index is 1070. The SMILES string of the molecule is COCCOC(=O)C1=C(C)Nc2nc3ccccc3n2C1c1cccc(C)c1. The summed E-state index contributed by atoms with van der Waals surface area (Å²) in [6.07, 6.45) is 0. The number of allylic oxidation sites excluding steroid dienone is 1. The normalized spacial score (nSPS) is 16.0. The van der Waals surface area contributed by atoms with Crippen LogP contribution in [0.25, 0.3) is 11.0 Å². The smallest absolute Gasteiger partial charge is 0.338 e. The largest absolute Gasteiger partial charge is 0.460 e. The Hall–Kier alpha value is -3.12. The average Bonchev–Trinajstić information content (AvgIpc) is 3.04. The van der Waals surface area contributed by atoms with Gasteiger partial charge in [-0.1, -0.05) is 42.0 Å². The number of carbonyl (C=O) groups is 1. The number of benzene rings is 2. The van der Waals surface area contributed by atoms with Gasteiger partial charge >= 0.3 is 5.97 Å². The van der Waals surface area contributed by atoms with E-state index in [-0.39, 0.29) is 18.6 Å². The molecule has 0 radical (unpaired) electrons. The van der Waals surface area contributed by atoms with Gasteiger partial charge in [-0.2, -0.15) is 0 Å². The van der Waals surface area contributed by atoms with Crippen LogP contribution in [0.1, 0.15) is 24.1 Å². The van der Waals surface area contributed by atoms with Crippen molar-refractivity contribution in [3.63, 3.8) is 0 Å². The number of nitrogens with one attached hydrogen (secondary N) is 1. The molecule has 1 aliphatic rings. The fourth-order valence-electron chi connectivity index (χ4n) is 3.68. The summed E-state index contributed by atoms with van der Waals surface area (Å²) in [5.74, 6) is 0.371. The van der Waals surface area contributed by atoms with Crippen LogP contribution in [0.2, 0.25) is 0 Å². The van der Waals surface area contributed by atoms with Gasteiger partial charge in [-0.15, -0.1) is 0 Å². The third kappa shape index (κ3) is 3.16. The second-order valence-electron chi connectivity index (χ2n) is 6.90. The fourth-order valence-corrected chi connectivity index (χ4v) is 3.68. The van der Waals surface area contributed by atoms with Gasteiger partial charge in [-0.25, -0.2) is 9.78 Å². The third-order valence-electron chi connectivity index (χ3n) is 4.93. The molecular weight excluding hydrogens is 354 g/mol. The lowest BCUT2D eigenvalue weighted by molar-refractivity contribution is -0.140. The van der Waals surface area contributed by atoms with Crippen LogP contribution >= 0.6 is 0 Å². The van der Waals surface area contributed by atoms with E-state index in [1.165, 1.54) is 0 Å². The maximum absolute atomic E-state index is 13.0. The lowest BCUT2D eigenvalue weighted by Crippen LogP contribution is -2.29. The number of hydrogen-bond acceptors (Lipinski definition) is 5. The number of esters is 1. The first-order chi connectivity index (χ1) is 13.6. The predicted octanol–water partition coefficient (Wildman–Crippen LogP) is 3.82. The number of carbonyl (C=O) groups excluding carboxylic acids is 1. The molecule has 4 rings (SSSR count). The zero-order valence-electron chi connectivity index (χ0n) is 16.2. The Morgan fingerprint density at radius 1 is 1.14 bits per heavy atom. The van der Waals surface area contributed by atoms with Crippen molar-refractivity contribution in [2.24, 2.45) is 0 Å². The molecule has 6 nitrogen and oxygen atoms in total. The van der Waals surface area contributed by atoms with E-state index >= 15 is 0 Å². The standard InChI is InChI=1S/C22H23N3O3/c1-14-7-6-8-16(13-14)20-19(21(26)28-12-11-27-3)15(2)23-22-24-17-9-4-5-10-18(17)25(20)22/h4-10,13,20H,11-12H2,1-3H3,(H,23,24). The molecule has 3 aromatic rings. The molecular formula is C22H23N3O3. The maximum atomic E-state index is 13.0. The Morgan fingerprint density at radius 3 is 2.75 bits per heavy atom. The van der Waals surface area contributed by atoms with Crippen LogP contribution in [-0.2, 0) is 14.3 Å². The molecule has 1 N–H and O–H groups in total. The highest BCUT2D eigenvalue weighted by Gasteiger charge is 2.34. The van der Waals surface area contributed by atoms with Crippen molar-refractivity contribution in [3.8, 4) is 0 Å². The molecule has 0 spiro atoms. The van der Waals surface area contributed by atoms with Crippen molar-refractivity contribution in [2.45, 2.75) is 19.9 Å². The molecule has 2 heterocycles. The second-order valence-corrected chi connectivity index (χ2v) is 6.90. The number of para-hydroxylation sites is 2. The van der Waals surface area contributed by atoms with Crippen molar-refractivity contribution in [2.75, 3.05) is 25.6 Å². The molecule has 6 heteroatoms. The van der Waals surface area contributed by atoms with Gasteiger partial charge in [0.25, 0.3) is 0 Å². The van der Waals surface area contributed by atoms with E-state index in [1.54, 1.807) is 7.11 Å². The lowest BCUT2D eigenvalue weighted by Gasteiger charge is -2.30. The van der Waals surface area contributed by atoms with Crippen LogP contribution in [0, 0.1) is 6.92 Å². The number of anilines is 1. The van der Waals surface area contributed by atoms with Crippen molar-refractivity contribution in [1.29, 1.82) is 0 Å². The second kappa shape index (κ2) is 7.48. The van der Waals surface area contributed by atoms with E-state index < -0.39 is 0 Å². The first-order valence-electron chi connectivity index (χ1n) is 9.27. The monoisotopic (exact) mass is 377 g/mol. The van der Waals surface area contributed by atoms with E-state index in [0.717, 1.165) is 33.8 Å². The Kier molecular flexibility index (Phi) is 4.88. The quantitative estimate of drug-likeness (QED) is 0.541. The number of imidazole rings is 1. The van der Waals surface area contributed by atoms with Crippen molar-refractivity contribution in [3.05, 3.63) is 70.9 Å². The molecule has 2 aromatic carbocycles. The van der Waals surface area contributed by atoms with Crippen molar-refractivity contribution >= 4 is 23.0 Å². The van der Waals surface area contributed by atoms with Gasteiger partial charge in [0.1, 0.15) is 6.61 Å². The molecule has 1 atom stereocenters.